The van der Waals surface area contributed by atoms with E-state index in [1.54, 1.807) is 0 Å². The van der Waals surface area contributed by atoms with Gasteiger partial charge in [-0.1, -0.05) is 13.3 Å². The van der Waals surface area contributed by atoms with E-state index in [4.69, 9.17) is 5.26 Å². The lowest BCUT2D eigenvalue weighted by molar-refractivity contribution is 0.256. The Hall–Kier alpha value is -0.550. The molecule has 2 fully saturated rings. The average molecular weight is 192 g/mol. The first-order valence-electron chi connectivity index (χ1n) is 5.87. The van der Waals surface area contributed by atoms with Crippen LogP contribution < -0.4 is 0 Å². The van der Waals surface area contributed by atoms with Crippen molar-refractivity contribution in [3.8, 4) is 6.07 Å². The van der Waals surface area contributed by atoms with Crippen molar-refractivity contribution in [2.75, 3.05) is 19.6 Å². The Labute approximate surface area is 86.9 Å². The Morgan fingerprint density at radius 3 is 2.79 bits per heavy atom. The minimum absolute atomic E-state index is 0.414. The summed E-state index contributed by atoms with van der Waals surface area (Å²) in [6.07, 6.45) is 6.04. The molecule has 0 bridgehead atoms. The number of nitrogens with zero attached hydrogens (tertiary/aromatic N) is 2. The predicted octanol–water partition coefficient (Wildman–Crippen LogP) is 2.41. The highest BCUT2D eigenvalue weighted by Crippen LogP contribution is 2.49. The molecule has 14 heavy (non-hydrogen) atoms. The summed E-state index contributed by atoms with van der Waals surface area (Å²) in [6, 6.07) is 2.34. The van der Waals surface area contributed by atoms with Crippen LogP contribution in [0.4, 0.5) is 0 Å². The van der Waals surface area contributed by atoms with E-state index in [2.05, 4.69) is 17.9 Å². The van der Waals surface area contributed by atoms with Gasteiger partial charge in [-0.05, 0) is 37.1 Å². The van der Waals surface area contributed by atoms with Gasteiger partial charge in [0.15, 0.2) is 0 Å². The van der Waals surface area contributed by atoms with Crippen LogP contribution >= 0.6 is 0 Å². The molecule has 2 heteroatoms. The summed E-state index contributed by atoms with van der Waals surface area (Å²) in [5, 5.41) is 8.75. The van der Waals surface area contributed by atoms with Crippen LogP contribution in [0.3, 0.4) is 0 Å². The zero-order chi connectivity index (χ0) is 10.0. The van der Waals surface area contributed by atoms with Gasteiger partial charge in [0.25, 0.3) is 0 Å². The van der Waals surface area contributed by atoms with Crippen LogP contribution in [0.1, 0.15) is 39.0 Å². The van der Waals surface area contributed by atoms with E-state index in [0.29, 0.717) is 5.41 Å². The summed E-state index contributed by atoms with van der Waals surface area (Å²) >= 11 is 0. The van der Waals surface area contributed by atoms with Crippen molar-refractivity contribution in [1.82, 2.24) is 4.90 Å². The molecule has 1 saturated carbocycles. The zero-order valence-electron chi connectivity index (χ0n) is 9.13. The number of hydrogen-bond donors (Lipinski definition) is 0. The van der Waals surface area contributed by atoms with Crippen molar-refractivity contribution in [3.63, 3.8) is 0 Å². The van der Waals surface area contributed by atoms with E-state index in [0.717, 1.165) is 12.3 Å². The van der Waals surface area contributed by atoms with Crippen molar-refractivity contribution in [1.29, 1.82) is 5.26 Å². The SMILES string of the molecule is CCC1CCN(CC2(CC#N)CC2)C1. The summed E-state index contributed by atoms with van der Waals surface area (Å²) in [7, 11) is 0. The van der Waals surface area contributed by atoms with E-state index >= 15 is 0 Å². The van der Waals surface area contributed by atoms with Crippen LogP contribution in [-0.4, -0.2) is 24.5 Å². The van der Waals surface area contributed by atoms with Crippen molar-refractivity contribution in [2.24, 2.45) is 11.3 Å². The number of likely N-dealkylation sites (tertiary alicyclic amines) is 1. The Morgan fingerprint density at radius 2 is 2.29 bits per heavy atom. The Balaban J connectivity index is 1.79. The second-order valence-corrected chi connectivity index (χ2v) is 5.13. The molecule has 2 nitrogen and oxygen atoms in total. The third-order valence-corrected chi connectivity index (χ3v) is 3.92. The molecule has 0 radical (unpaired) electrons. The van der Waals surface area contributed by atoms with Crippen molar-refractivity contribution < 1.29 is 0 Å². The molecule has 0 aromatic carbocycles. The van der Waals surface area contributed by atoms with Gasteiger partial charge in [0, 0.05) is 19.5 Å². The van der Waals surface area contributed by atoms with Crippen LogP contribution in [0.5, 0.6) is 0 Å². The van der Waals surface area contributed by atoms with Gasteiger partial charge >= 0.3 is 0 Å². The van der Waals surface area contributed by atoms with Gasteiger partial charge < -0.3 is 4.90 Å². The standard InChI is InChI=1S/C12H20N2/c1-2-11-3-8-14(9-11)10-12(4-5-12)6-7-13/h11H,2-6,8-10H2,1H3. The normalized spacial score (nSPS) is 30.1. The third-order valence-electron chi connectivity index (χ3n) is 3.92. The number of rotatable bonds is 4. The second kappa shape index (κ2) is 3.90. The molecule has 2 rings (SSSR count). The van der Waals surface area contributed by atoms with E-state index in [1.807, 2.05) is 0 Å². The van der Waals surface area contributed by atoms with Crippen molar-refractivity contribution in [3.05, 3.63) is 0 Å². The molecule has 0 aromatic heterocycles. The van der Waals surface area contributed by atoms with Crippen LogP contribution in [0, 0.1) is 22.7 Å². The monoisotopic (exact) mass is 192 g/mol. The molecule has 78 valence electrons. The molecule has 1 aliphatic heterocycles. The largest absolute Gasteiger partial charge is 0.302 e. The first kappa shape index (κ1) is 9.98. The summed E-state index contributed by atoms with van der Waals surface area (Å²) in [6.45, 7) is 6.03. The molecular weight excluding hydrogens is 172 g/mol. The fourth-order valence-electron chi connectivity index (χ4n) is 2.60. The fourth-order valence-corrected chi connectivity index (χ4v) is 2.60. The Bertz CT molecular complexity index is 237. The predicted molar refractivity (Wildman–Crippen MR) is 56.7 cm³/mol. The maximum absolute atomic E-state index is 8.75. The van der Waals surface area contributed by atoms with Gasteiger partial charge in [0.2, 0.25) is 0 Å². The third kappa shape index (κ3) is 2.09. The molecule has 1 saturated heterocycles. The van der Waals surface area contributed by atoms with Crippen LogP contribution in [0.25, 0.3) is 0 Å². The Morgan fingerprint density at radius 1 is 1.50 bits per heavy atom. The molecule has 1 unspecified atom stereocenters. The van der Waals surface area contributed by atoms with E-state index < -0.39 is 0 Å². The second-order valence-electron chi connectivity index (χ2n) is 5.13. The summed E-state index contributed by atoms with van der Waals surface area (Å²) in [4.78, 5) is 2.58. The Kier molecular flexibility index (Phi) is 2.78. The lowest BCUT2D eigenvalue weighted by Crippen LogP contribution is -2.28. The molecule has 1 heterocycles. The van der Waals surface area contributed by atoms with Crippen molar-refractivity contribution >= 4 is 0 Å². The lowest BCUT2D eigenvalue weighted by Gasteiger charge is -2.21. The minimum Gasteiger partial charge on any atom is -0.302 e. The van der Waals surface area contributed by atoms with Crippen LogP contribution in [0.15, 0.2) is 0 Å². The molecule has 1 atom stereocenters. The van der Waals surface area contributed by atoms with Gasteiger partial charge in [-0.2, -0.15) is 5.26 Å². The van der Waals surface area contributed by atoms with Gasteiger partial charge in [0.05, 0.1) is 6.07 Å². The molecular formula is C12H20N2. The summed E-state index contributed by atoms with van der Waals surface area (Å²) < 4.78 is 0. The highest BCUT2D eigenvalue weighted by molar-refractivity contribution is 5.01. The maximum atomic E-state index is 8.75. The van der Waals surface area contributed by atoms with E-state index in [1.165, 1.54) is 45.3 Å². The molecule has 0 amide bonds. The molecule has 0 N–H and O–H groups in total. The summed E-state index contributed by atoms with van der Waals surface area (Å²) in [5.41, 5.74) is 0.414. The zero-order valence-corrected chi connectivity index (χ0v) is 9.13. The molecule has 1 aliphatic carbocycles. The highest BCUT2D eigenvalue weighted by atomic mass is 15.2. The number of nitriles is 1. The first-order chi connectivity index (χ1) is 6.78. The van der Waals surface area contributed by atoms with Crippen molar-refractivity contribution in [2.45, 2.75) is 39.0 Å². The summed E-state index contributed by atoms with van der Waals surface area (Å²) in [5.74, 6) is 0.924. The molecule has 2 aliphatic rings. The molecule has 0 spiro atoms. The minimum atomic E-state index is 0.414. The molecule has 0 aromatic rings. The van der Waals surface area contributed by atoms with Crippen LogP contribution in [0.2, 0.25) is 0 Å². The highest BCUT2D eigenvalue weighted by Gasteiger charge is 2.44. The average Bonchev–Trinajstić information content (AvgIpc) is 2.78. The maximum Gasteiger partial charge on any atom is 0.0628 e. The van der Waals surface area contributed by atoms with Gasteiger partial charge in [-0.15, -0.1) is 0 Å². The van der Waals surface area contributed by atoms with Gasteiger partial charge in [-0.3, -0.25) is 0 Å². The fraction of sp³-hybridized carbons (Fsp3) is 0.917. The lowest BCUT2D eigenvalue weighted by atomic mass is 10.0. The van der Waals surface area contributed by atoms with Crippen LogP contribution in [-0.2, 0) is 0 Å². The quantitative estimate of drug-likeness (QED) is 0.684. The smallest absolute Gasteiger partial charge is 0.0628 e. The topological polar surface area (TPSA) is 27.0 Å². The van der Waals surface area contributed by atoms with E-state index in [9.17, 15) is 0 Å². The number of hydrogen-bond acceptors (Lipinski definition) is 2. The van der Waals surface area contributed by atoms with Gasteiger partial charge in [0.1, 0.15) is 0 Å². The van der Waals surface area contributed by atoms with E-state index in [-0.39, 0.29) is 0 Å². The first-order valence-corrected chi connectivity index (χ1v) is 5.87. The van der Waals surface area contributed by atoms with Gasteiger partial charge in [-0.25, -0.2) is 0 Å².